The van der Waals surface area contributed by atoms with Crippen molar-refractivity contribution in [1.29, 1.82) is 0 Å². The van der Waals surface area contributed by atoms with Gasteiger partial charge in [0.1, 0.15) is 0 Å². The quantitative estimate of drug-likeness (QED) is 0.378. The third-order valence-electron chi connectivity index (χ3n) is 3.19. The van der Waals surface area contributed by atoms with Crippen LogP contribution in [0.15, 0.2) is 29.4 Å². The Morgan fingerprint density at radius 2 is 1.90 bits per heavy atom. The minimum Gasteiger partial charge on any atom is -0.409 e. The maximum atomic E-state index is 12.5. The van der Waals surface area contributed by atoms with Crippen LogP contribution in [0.5, 0.6) is 0 Å². The van der Waals surface area contributed by atoms with Gasteiger partial charge in [-0.25, -0.2) is 0 Å². The minimum atomic E-state index is -4.18. The van der Waals surface area contributed by atoms with Crippen LogP contribution in [-0.2, 0) is 6.54 Å². The zero-order chi connectivity index (χ0) is 14.8. The summed E-state index contributed by atoms with van der Waals surface area (Å²) in [7, 11) is 0. The topological polar surface area (TPSA) is 61.9 Å². The molecule has 0 saturated heterocycles. The van der Waals surface area contributed by atoms with E-state index in [2.05, 4.69) is 5.16 Å². The highest BCUT2D eigenvalue weighted by atomic mass is 19.4. The second kappa shape index (κ2) is 5.70. The molecule has 0 aromatic heterocycles. The molecular formula is C13H16F3N3O. The molecule has 0 unspecified atom stereocenters. The van der Waals surface area contributed by atoms with Gasteiger partial charge in [0.2, 0.25) is 0 Å². The fraction of sp³-hybridized carbons (Fsp3) is 0.462. The van der Waals surface area contributed by atoms with Crippen LogP contribution in [0.1, 0.15) is 24.0 Å². The number of oxime groups is 1. The lowest BCUT2D eigenvalue weighted by Crippen LogP contribution is -2.35. The predicted octanol–water partition coefficient (Wildman–Crippen LogP) is 2.31. The average molecular weight is 287 g/mol. The molecule has 1 aromatic rings. The zero-order valence-corrected chi connectivity index (χ0v) is 10.8. The van der Waals surface area contributed by atoms with E-state index in [0.717, 1.165) is 18.4 Å². The molecule has 1 aliphatic carbocycles. The van der Waals surface area contributed by atoms with Crippen molar-refractivity contribution in [3.63, 3.8) is 0 Å². The van der Waals surface area contributed by atoms with Crippen molar-refractivity contribution in [3.8, 4) is 0 Å². The number of amidine groups is 1. The largest absolute Gasteiger partial charge is 0.409 e. The van der Waals surface area contributed by atoms with Crippen LogP contribution in [0.2, 0.25) is 0 Å². The van der Waals surface area contributed by atoms with Crippen molar-refractivity contribution >= 4 is 5.84 Å². The molecule has 0 spiro atoms. The Balaban J connectivity index is 2.03. The predicted molar refractivity (Wildman–Crippen MR) is 68.4 cm³/mol. The number of nitrogens with zero attached hydrogens (tertiary/aromatic N) is 2. The lowest BCUT2D eigenvalue weighted by molar-refractivity contribution is -0.148. The normalized spacial score (nSPS) is 16.7. The molecule has 1 saturated carbocycles. The Morgan fingerprint density at radius 1 is 1.30 bits per heavy atom. The Morgan fingerprint density at radius 3 is 2.35 bits per heavy atom. The molecule has 3 N–H and O–H groups in total. The molecule has 110 valence electrons. The molecule has 0 atom stereocenters. The highest BCUT2D eigenvalue weighted by molar-refractivity contribution is 5.96. The average Bonchev–Trinajstić information content (AvgIpc) is 3.20. The molecule has 1 fully saturated rings. The van der Waals surface area contributed by atoms with Gasteiger partial charge < -0.3 is 10.9 Å². The molecular weight excluding hydrogens is 271 g/mol. The van der Waals surface area contributed by atoms with Gasteiger partial charge in [0.05, 0.1) is 6.54 Å². The van der Waals surface area contributed by atoms with Crippen LogP contribution < -0.4 is 5.73 Å². The van der Waals surface area contributed by atoms with Crippen LogP contribution in [-0.4, -0.2) is 34.7 Å². The number of benzene rings is 1. The number of hydrogen-bond donors (Lipinski definition) is 2. The number of alkyl halides is 3. The number of hydrogen-bond acceptors (Lipinski definition) is 3. The van der Waals surface area contributed by atoms with Crippen LogP contribution in [0.25, 0.3) is 0 Å². The van der Waals surface area contributed by atoms with Gasteiger partial charge >= 0.3 is 6.18 Å². The van der Waals surface area contributed by atoms with Crippen molar-refractivity contribution in [3.05, 3.63) is 35.4 Å². The van der Waals surface area contributed by atoms with Crippen molar-refractivity contribution in [1.82, 2.24) is 4.90 Å². The summed E-state index contributed by atoms with van der Waals surface area (Å²) in [4.78, 5) is 1.44. The van der Waals surface area contributed by atoms with E-state index < -0.39 is 12.7 Å². The number of nitrogens with two attached hydrogens (primary N) is 1. The lowest BCUT2D eigenvalue weighted by Gasteiger charge is -2.23. The van der Waals surface area contributed by atoms with Crippen LogP contribution >= 0.6 is 0 Å². The summed E-state index contributed by atoms with van der Waals surface area (Å²) in [6.07, 6.45) is -2.55. The maximum absolute atomic E-state index is 12.5. The zero-order valence-electron chi connectivity index (χ0n) is 10.8. The number of rotatable bonds is 5. The van der Waals surface area contributed by atoms with Gasteiger partial charge in [0.25, 0.3) is 0 Å². The Labute approximate surface area is 114 Å². The molecule has 1 aromatic carbocycles. The van der Waals surface area contributed by atoms with Gasteiger partial charge in [-0.05, 0) is 18.4 Å². The van der Waals surface area contributed by atoms with Crippen molar-refractivity contribution < 1.29 is 18.4 Å². The summed E-state index contributed by atoms with van der Waals surface area (Å²) in [5.41, 5.74) is 6.73. The van der Waals surface area contributed by atoms with E-state index in [0.29, 0.717) is 5.56 Å². The molecule has 4 nitrogen and oxygen atoms in total. The molecule has 1 aliphatic rings. The fourth-order valence-corrected chi connectivity index (χ4v) is 2.06. The Bertz CT molecular complexity index is 481. The second-order valence-corrected chi connectivity index (χ2v) is 4.93. The van der Waals surface area contributed by atoms with Gasteiger partial charge in [-0.2, -0.15) is 13.2 Å². The van der Waals surface area contributed by atoms with Gasteiger partial charge in [-0.1, -0.05) is 29.4 Å². The van der Waals surface area contributed by atoms with Crippen LogP contribution in [0, 0.1) is 0 Å². The minimum absolute atomic E-state index is 0.0223. The molecule has 0 radical (unpaired) electrons. The summed E-state index contributed by atoms with van der Waals surface area (Å²) < 4.78 is 37.5. The molecule has 0 heterocycles. The van der Waals surface area contributed by atoms with E-state index >= 15 is 0 Å². The standard InChI is InChI=1S/C13H16F3N3O/c14-13(15,16)8-19(11-5-6-11)7-9-1-3-10(4-2-9)12(17)18-20/h1-4,11,20H,5-8H2,(H2,17,18). The first-order valence-electron chi connectivity index (χ1n) is 6.26. The summed E-state index contributed by atoms with van der Waals surface area (Å²) in [5, 5.41) is 11.4. The lowest BCUT2D eigenvalue weighted by atomic mass is 10.1. The van der Waals surface area contributed by atoms with Crippen molar-refractivity contribution in [2.75, 3.05) is 6.54 Å². The second-order valence-electron chi connectivity index (χ2n) is 4.93. The molecule has 0 aliphatic heterocycles. The van der Waals surface area contributed by atoms with Gasteiger partial charge in [-0.3, -0.25) is 4.90 Å². The van der Waals surface area contributed by atoms with Gasteiger partial charge in [0.15, 0.2) is 5.84 Å². The Kier molecular flexibility index (Phi) is 4.17. The van der Waals surface area contributed by atoms with Gasteiger partial charge in [0, 0.05) is 18.2 Å². The van der Waals surface area contributed by atoms with Crippen LogP contribution in [0.3, 0.4) is 0 Å². The Hall–Kier alpha value is -1.76. The van der Waals surface area contributed by atoms with E-state index in [1.807, 2.05) is 0 Å². The molecule has 20 heavy (non-hydrogen) atoms. The summed E-state index contributed by atoms with van der Waals surface area (Å²) in [6, 6.07) is 6.67. The van der Waals surface area contributed by atoms with E-state index in [4.69, 9.17) is 10.9 Å². The summed E-state index contributed by atoms with van der Waals surface area (Å²) >= 11 is 0. The monoisotopic (exact) mass is 287 g/mol. The summed E-state index contributed by atoms with van der Waals surface area (Å²) in [5.74, 6) is -0.0223. The van der Waals surface area contributed by atoms with E-state index in [-0.39, 0.29) is 18.4 Å². The highest BCUT2D eigenvalue weighted by Crippen LogP contribution is 2.31. The van der Waals surface area contributed by atoms with Gasteiger partial charge in [-0.15, -0.1) is 0 Å². The third-order valence-corrected chi connectivity index (χ3v) is 3.19. The van der Waals surface area contributed by atoms with Crippen molar-refractivity contribution in [2.24, 2.45) is 10.9 Å². The summed E-state index contributed by atoms with van der Waals surface area (Å²) in [6.45, 7) is -0.639. The molecule has 7 heteroatoms. The molecule has 0 amide bonds. The molecule has 2 rings (SSSR count). The third kappa shape index (κ3) is 4.12. The fourth-order valence-electron chi connectivity index (χ4n) is 2.06. The highest BCUT2D eigenvalue weighted by Gasteiger charge is 2.37. The maximum Gasteiger partial charge on any atom is 0.401 e. The van der Waals surface area contributed by atoms with Crippen LogP contribution in [0.4, 0.5) is 13.2 Å². The van der Waals surface area contributed by atoms with E-state index in [1.165, 1.54) is 4.90 Å². The first-order chi connectivity index (χ1) is 9.39. The first kappa shape index (κ1) is 14.6. The SMILES string of the molecule is NC(=NO)c1ccc(CN(CC(F)(F)F)C2CC2)cc1. The number of halogens is 3. The molecule has 0 bridgehead atoms. The smallest absolute Gasteiger partial charge is 0.401 e. The van der Waals surface area contributed by atoms with Crippen molar-refractivity contribution in [2.45, 2.75) is 31.6 Å². The first-order valence-corrected chi connectivity index (χ1v) is 6.26. The van der Waals surface area contributed by atoms with E-state index in [1.54, 1.807) is 24.3 Å². The van der Waals surface area contributed by atoms with E-state index in [9.17, 15) is 13.2 Å².